The number of amides is 1. The zero-order valence-electron chi connectivity index (χ0n) is 21.2. The normalized spacial score (nSPS) is 14.2. The van der Waals surface area contributed by atoms with E-state index < -0.39 is 23.7 Å². The smallest absolute Gasteiger partial charge is 0.408 e. The largest absolute Gasteiger partial charge is 0.444 e. The standard InChI is InChI=1S/C29H30N2O6/c1-29(2,3)37-28(34)31-24(14-17-16-30-23-11-7-6-8-19(17)23)27(33)35-18-12-13-21-20-9-4-5-10-22(20)26(32)36-25(21)15-18/h6-8,11-13,15-16,24,30H,4-5,9-10,14H2,1-3H3,(H,31,34). The third-order valence-electron chi connectivity index (χ3n) is 6.49. The Morgan fingerprint density at radius 2 is 1.81 bits per heavy atom. The van der Waals surface area contributed by atoms with Crippen molar-refractivity contribution in [1.29, 1.82) is 0 Å². The first-order chi connectivity index (χ1) is 17.7. The second-order valence-electron chi connectivity index (χ2n) is 10.4. The SMILES string of the molecule is CC(C)(C)OC(=O)NC(Cc1c[nH]c2ccccc12)C(=O)Oc1ccc2c3c(c(=O)oc2c1)CCCC3. The summed E-state index contributed by atoms with van der Waals surface area (Å²) in [6.07, 6.45) is 4.83. The second kappa shape index (κ2) is 9.76. The number of aryl methyl sites for hydroxylation is 1. The number of nitrogens with one attached hydrogen (secondary N) is 2. The van der Waals surface area contributed by atoms with Gasteiger partial charge < -0.3 is 24.2 Å². The molecular formula is C29H30N2O6. The van der Waals surface area contributed by atoms with Gasteiger partial charge >= 0.3 is 17.7 Å². The highest BCUT2D eigenvalue weighted by Crippen LogP contribution is 2.29. The zero-order valence-corrected chi connectivity index (χ0v) is 21.2. The van der Waals surface area contributed by atoms with E-state index in [2.05, 4.69) is 10.3 Å². The monoisotopic (exact) mass is 502 g/mol. The van der Waals surface area contributed by atoms with Crippen molar-refractivity contribution in [1.82, 2.24) is 10.3 Å². The van der Waals surface area contributed by atoms with Gasteiger partial charge in [0.1, 0.15) is 23.0 Å². The van der Waals surface area contributed by atoms with Crippen LogP contribution < -0.4 is 15.7 Å². The third kappa shape index (κ3) is 5.38. The second-order valence-corrected chi connectivity index (χ2v) is 10.4. The Balaban J connectivity index is 1.42. The van der Waals surface area contributed by atoms with E-state index in [-0.39, 0.29) is 17.8 Å². The third-order valence-corrected chi connectivity index (χ3v) is 6.49. The van der Waals surface area contributed by atoms with E-state index in [9.17, 15) is 14.4 Å². The maximum Gasteiger partial charge on any atom is 0.408 e. The number of hydrogen-bond donors (Lipinski definition) is 2. The van der Waals surface area contributed by atoms with Crippen LogP contribution >= 0.6 is 0 Å². The highest BCUT2D eigenvalue weighted by Gasteiger charge is 2.28. The first kappa shape index (κ1) is 24.6. The van der Waals surface area contributed by atoms with Crippen LogP contribution in [0.3, 0.4) is 0 Å². The number of carbonyl (C=O) groups excluding carboxylic acids is 2. The van der Waals surface area contributed by atoms with E-state index in [0.29, 0.717) is 5.58 Å². The van der Waals surface area contributed by atoms with E-state index in [4.69, 9.17) is 13.9 Å². The topological polar surface area (TPSA) is 111 Å². The van der Waals surface area contributed by atoms with Gasteiger partial charge in [-0.25, -0.2) is 14.4 Å². The molecule has 0 aliphatic heterocycles. The Hall–Kier alpha value is -4.07. The van der Waals surface area contributed by atoms with E-state index in [0.717, 1.165) is 58.7 Å². The number of alkyl carbamates (subject to hydrolysis) is 1. The summed E-state index contributed by atoms with van der Waals surface area (Å²) in [7, 11) is 0. The molecule has 2 aromatic heterocycles. The molecule has 1 aliphatic carbocycles. The summed E-state index contributed by atoms with van der Waals surface area (Å²) in [5, 5.41) is 4.47. The van der Waals surface area contributed by atoms with Gasteiger partial charge in [0.05, 0.1) is 0 Å². The van der Waals surface area contributed by atoms with E-state index in [1.165, 1.54) is 0 Å². The summed E-state index contributed by atoms with van der Waals surface area (Å²) >= 11 is 0. The molecule has 192 valence electrons. The van der Waals surface area contributed by atoms with Gasteiger partial charge in [-0.05, 0) is 75.8 Å². The zero-order chi connectivity index (χ0) is 26.2. The fourth-order valence-electron chi connectivity index (χ4n) is 4.84. The van der Waals surface area contributed by atoms with Gasteiger partial charge in [-0.1, -0.05) is 18.2 Å². The quantitative estimate of drug-likeness (QED) is 0.221. The molecule has 1 amide bonds. The molecule has 0 radical (unpaired) electrons. The Morgan fingerprint density at radius 3 is 2.59 bits per heavy atom. The molecule has 8 nitrogen and oxygen atoms in total. The molecule has 0 saturated heterocycles. The Bertz CT molecular complexity index is 1540. The summed E-state index contributed by atoms with van der Waals surface area (Å²) in [4.78, 5) is 41.6. The van der Waals surface area contributed by atoms with Gasteiger partial charge in [0.15, 0.2) is 0 Å². The highest BCUT2D eigenvalue weighted by molar-refractivity contribution is 5.88. The predicted octanol–water partition coefficient (Wildman–Crippen LogP) is 5.19. The van der Waals surface area contributed by atoms with E-state index in [1.54, 1.807) is 32.9 Å². The molecule has 1 aliphatic rings. The van der Waals surface area contributed by atoms with Crippen molar-refractivity contribution in [3.8, 4) is 5.75 Å². The molecule has 4 aromatic rings. The summed E-state index contributed by atoms with van der Waals surface area (Å²) < 4.78 is 16.6. The number of hydrogen-bond acceptors (Lipinski definition) is 6. The number of aromatic nitrogens is 1. The lowest BCUT2D eigenvalue weighted by Crippen LogP contribution is -2.46. The van der Waals surface area contributed by atoms with Crippen molar-refractivity contribution in [3.63, 3.8) is 0 Å². The summed E-state index contributed by atoms with van der Waals surface area (Å²) in [6.45, 7) is 5.25. The molecule has 0 bridgehead atoms. The van der Waals surface area contributed by atoms with Gasteiger partial charge in [0, 0.05) is 40.5 Å². The molecule has 5 rings (SSSR count). The molecule has 2 heterocycles. The first-order valence-corrected chi connectivity index (χ1v) is 12.5. The average Bonchev–Trinajstić information content (AvgIpc) is 3.25. The Kier molecular flexibility index (Phi) is 6.50. The van der Waals surface area contributed by atoms with Crippen LogP contribution in [0.1, 0.15) is 50.3 Å². The van der Waals surface area contributed by atoms with Crippen molar-refractivity contribution in [2.24, 2.45) is 0 Å². The minimum Gasteiger partial charge on any atom is -0.444 e. The summed E-state index contributed by atoms with van der Waals surface area (Å²) in [5.41, 5.74) is 2.84. The number of fused-ring (bicyclic) bond motifs is 4. The minimum absolute atomic E-state index is 0.193. The summed E-state index contributed by atoms with van der Waals surface area (Å²) in [5.74, 6) is -0.429. The highest BCUT2D eigenvalue weighted by atomic mass is 16.6. The van der Waals surface area contributed by atoms with Crippen molar-refractivity contribution in [2.75, 3.05) is 0 Å². The molecule has 1 unspecified atom stereocenters. The maximum atomic E-state index is 13.3. The number of rotatable bonds is 5. The van der Waals surface area contributed by atoms with Gasteiger partial charge in [0.25, 0.3) is 0 Å². The van der Waals surface area contributed by atoms with Crippen LogP contribution in [0, 0.1) is 0 Å². The Morgan fingerprint density at radius 1 is 1.05 bits per heavy atom. The fraction of sp³-hybridized carbons (Fsp3) is 0.345. The number of carbonyl (C=O) groups is 2. The predicted molar refractivity (Wildman–Crippen MR) is 140 cm³/mol. The molecule has 8 heteroatoms. The van der Waals surface area contributed by atoms with Crippen LogP contribution in [0.25, 0.3) is 21.9 Å². The molecule has 1 atom stereocenters. The van der Waals surface area contributed by atoms with Gasteiger partial charge in [-0.2, -0.15) is 0 Å². The molecule has 2 aromatic carbocycles. The number of benzene rings is 2. The number of aromatic amines is 1. The lowest BCUT2D eigenvalue weighted by atomic mass is 9.91. The number of esters is 1. The van der Waals surface area contributed by atoms with Crippen LogP contribution in [0.4, 0.5) is 4.79 Å². The van der Waals surface area contributed by atoms with Gasteiger partial charge in [-0.15, -0.1) is 0 Å². The van der Waals surface area contributed by atoms with Crippen molar-refractivity contribution in [3.05, 3.63) is 75.8 Å². The lowest BCUT2D eigenvalue weighted by molar-refractivity contribution is -0.136. The Labute approximate surface area is 214 Å². The molecule has 2 N–H and O–H groups in total. The molecule has 37 heavy (non-hydrogen) atoms. The number of H-pyrrole nitrogens is 1. The average molecular weight is 503 g/mol. The first-order valence-electron chi connectivity index (χ1n) is 12.5. The van der Waals surface area contributed by atoms with E-state index >= 15 is 0 Å². The van der Waals surface area contributed by atoms with Crippen molar-refractivity contribution < 1.29 is 23.5 Å². The summed E-state index contributed by atoms with van der Waals surface area (Å²) in [6, 6.07) is 11.8. The van der Waals surface area contributed by atoms with Crippen LogP contribution in [-0.2, 0) is 28.8 Å². The maximum absolute atomic E-state index is 13.3. The molecule has 0 saturated carbocycles. The molecule has 0 spiro atoms. The van der Waals surface area contributed by atoms with Crippen molar-refractivity contribution in [2.45, 2.75) is 64.5 Å². The van der Waals surface area contributed by atoms with Crippen LogP contribution in [0.5, 0.6) is 5.75 Å². The van der Waals surface area contributed by atoms with Gasteiger partial charge in [-0.3, -0.25) is 0 Å². The number of para-hydroxylation sites is 1. The van der Waals surface area contributed by atoms with E-state index in [1.807, 2.05) is 36.5 Å². The van der Waals surface area contributed by atoms with Gasteiger partial charge in [0.2, 0.25) is 0 Å². The van der Waals surface area contributed by atoms with Crippen LogP contribution in [-0.4, -0.2) is 28.7 Å². The number of ether oxygens (including phenoxy) is 2. The lowest BCUT2D eigenvalue weighted by Gasteiger charge is -2.23. The van der Waals surface area contributed by atoms with Crippen molar-refractivity contribution >= 4 is 33.9 Å². The van der Waals surface area contributed by atoms with Crippen LogP contribution in [0.15, 0.2) is 57.9 Å². The van der Waals surface area contributed by atoms with Crippen LogP contribution in [0.2, 0.25) is 0 Å². The molecular weight excluding hydrogens is 472 g/mol. The fourth-order valence-corrected chi connectivity index (χ4v) is 4.84. The minimum atomic E-state index is -1.01. The molecule has 0 fully saturated rings.